The number of carbonyl (C=O) groups is 1. The van der Waals surface area contributed by atoms with Crippen molar-refractivity contribution in [3.8, 4) is 5.75 Å². The van der Waals surface area contributed by atoms with Gasteiger partial charge in [0.25, 0.3) is 5.91 Å². The second-order valence-corrected chi connectivity index (χ2v) is 4.89. The Morgan fingerprint density at radius 3 is 2.65 bits per heavy atom. The Labute approximate surface area is 118 Å². The van der Waals surface area contributed by atoms with Gasteiger partial charge in [0.15, 0.2) is 5.75 Å². The van der Waals surface area contributed by atoms with Crippen LogP contribution >= 0.6 is 0 Å². The summed E-state index contributed by atoms with van der Waals surface area (Å²) in [5, 5.41) is 9.85. The van der Waals surface area contributed by atoms with Gasteiger partial charge in [-0.3, -0.25) is 4.79 Å². The number of aromatic hydroxyl groups is 1. The fourth-order valence-corrected chi connectivity index (χ4v) is 2.10. The van der Waals surface area contributed by atoms with E-state index >= 15 is 0 Å². The molecule has 2 aromatic carbocycles. The Kier molecular flexibility index (Phi) is 3.94. The van der Waals surface area contributed by atoms with Crippen LogP contribution in [0.2, 0.25) is 0 Å². The number of para-hydroxylation sites is 1. The van der Waals surface area contributed by atoms with Crippen molar-refractivity contribution in [1.82, 2.24) is 4.90 Å². The minimum Gasteiger partial charge on any atom is -0.505 e. The lowest BCUT2D eigenvalue weighted by Gasteiger charge is -2.18. The Morgan fingerprint density at radius 2 is 1.95 bits per heavy atom. The number of phenolic OH excluding ortho intramolecular Hbond substituents is 1. The number of nitrogens with zero attached hydrogens (tertiary/aromatic N) is 1. The Hall–Kier alpha value is -2.49. The average Bonchev–Trinajstić information content (AvgIpc) is 2.41. The number of nitrogens with two attached hydrogens (primary N) is 1. The Morgan fingerprint density at radius 1 is 1.25 bits per heavy atom. The molecule has 4 heteroatoms. The highest BCUT2D eigenvalue weighted by Gasteiger charge is 2.17. The third kappa shape index (κ3) is 2.91. The number of carbonyl (C=O) groups excluding carboxylic acids is 1. The molecular formula is C16H18N2O2. The number of hydrogen-bond acceptors (Lipinski definition) is 3. The molecule has 0 spiro atoms. The van der Waals surface area contributed by atoms with Crippen molar-refractivity contribution in [2.45, 2.75) is 13.5 Å². The average molecular weight is 270 g/mol. The van der Waals surface area contributed by atoms with Crippen LogP contribution in [0, 0.1) is 6.92 Å². The molecule has 104 valence electrons. The van der Waals surface area contributed by atoms with E-state index in [1.54, 1.807) is 30.1 Å². The molecule has 0 saturated heterocycles. The maximum Gasteiger partial charge on any atom is 0.257 e. The highest BCUT2D eigenvalue weighted by Crippen LogP contribution is 2.25. The van der Waals surface area contributed by atoms with Gasteiger partial charge in [0.2, 0.25) is 0 Å². The smallest absolute Gasteiger partial charge is 0.257 e. The van der Waals surface area contributed by atoms with Crippen LogP contribution in [0.25, 0.3) is 0 Å². The number of benzene rings is 2. The van der Waals surface area contributed by atoms with Crippen LogP contribution in [-0.4, -0.2) is 23.0 Å². The molecule has 0 unspecified atom stereocenters. The van der Waals surface area contributed by atoms with Crippen LogP contribution < -0.4 is 5.73 Å². The van der Waals surface area contributed by atoms with E-state index in [1.165, 1.54) is 0 Å². The predicted octanol–water partition coefficient (Wildman–Crippen LogP) is 2.56. The molecule has 0 aliphatic carbocycles. The van der Waals surface area contributed by atoms with Crippen molar-refractivity contribution in [3.05, 3.63) is 59.2 Å². The zero-order valence-corrected chi connectivity index (χ0v) is 11.6. The van der Waals surface area contributed by atoms with E-state index in [0.29, 0.717) is 6.54 Å². The van der Waals surface area contributed by atoms with E-state index in [9.17, 15) is 9.90 Å². The molecule has 0 heterocycles. The standard InChI is InChI=1S/C16H18N2O2/c1-11-5-3-6-12(9-11)10-18(2)16(20)13-7-4-8-14(17)15(13)19/h3-9,19H,10,17H2,1-2H3. The molecule has 0 fully saturated rings. The quantitative estimate of drug-likeness (QED) is 0.665. The molecule has 3 N–H and O–H groups in total. The number of aryl methyl sites for hydroxylation is 1. The van der Waals surface area contributed by atoms with Gasteiger partial charge in [-0.25, -0.2) is 0 Å². The van der Waals surface area contributed by atoms with Gasteiger partial charge in [-0.2, -0.15) is 0 Å². The van der Waals surface area contributed by atoms with Gasteiger partial charge >= 0.3 is 0 Å². The van der Waals surface area contributed by atoms with E-state index in [-0.39, 0.29) is 22.9 Å². The highest BCUT2D eigenvalue weighted by molar-refractivity contribution is 5.98. The third-order valence-corrected chi connectivity index (χ3v) is 3.15. The van der Waals surface area contributed by atoms with Crippen LogP contribution in [0.1, 0.15) is 21.5 Å². The molecule has 4 nitrogen and oxygen atoms in total. The molecule has 1 amide bonds. The number of amides is 1. The summed E-state index contributed by atoms with van der Waals surface area (Å²) in [6.45, 7) is 2.49. The second kappa shape index (κ2) is 5.65. The van der Waals surface area contributed by atoms with Crippen molar-refractivity contribution in [2.24, 2.45) is 0 Å². The number of nitrogen functional groups attached to an aromatic ring is 1. The first-order valence-corrected chi connectivity index (χ1v) is 6.37. The molecule has 0 aliphatic heterocycles. The molecule has 0 bridgehead atoms. The zero-order chi connectivity index (χ0) is 14.7. The molecule has 0 atom stereocenters. The van der Waals surface area contributed by atoms with E-state index < -0.39 is 0 Å². The summed E-state index contributed by atoms with van der Waals surface area (Å²) < 4.78 is 0. The number of hydrogen-bond donors (Lipinski definition) is 2. The zero-order valence-electron chi connectivity index (χ0n) is 11.6. The number of phenols is 1. The summed E-state index contributed by atoms with van der Waals surface area (Å²) in [6.07, 6.45) is 0. The maximum absolute atomic E-state index is 12.3. The molecule has 0 radical (unpaired) electrons. The van der Waals surface area contributed by atoms with Gasteiger partial charge in [-0.05, 0) is 24.6 Å². The third-order valence-electron chi connectivity index (χ3n) is 3.15. The topological polar surface area (TPSA) is 66.6 Å². The van der Waals surface area contributed by atoms with Crippen molar-refractivity contribution in [3.63, 3.8) is 0 Å². The largest absolute Gasteiger partial charge is 0.505 e. The predicted molar refractivity (Wildman–Crippen MR) is 79.5 cm³/mol. The lowest BCUT2D eigenvalue weighted by molar-refractivity contribution is 0.0782. The fraction of sp³-hybridized carbons (Fsp3) is 0.188. The summed E-state index contributed by atoms with van der Waals surface area (Å²) in [5.41, 5.74) is 8.23. The summed E-state index contributed by atoms with van der Waals surface area (Å²) in [4.78, 5) is 13.9. The molecule has 20 heavy (non-hydrogen) atoms. The molecule has 0 saturated carbocycles. The summed E-state index contributed by atoms with van der Waals surface area (Å²) in [5.74, 6) is -0.412. The van der Waals surface area contributed by atoms with Crippen LogP contribution in [0.4, 0.5) is 5.69 Å². The Balaban J connectivity index is 2.19. The molecule has 2 aromatic rings. The first kappa shape index (κ1) is 13.9. The maximum atomic E-state index is 12.3. The van der Waals surface area contributed by atoms with Gasteiger partial charge in [-0.1, -0.05) is 35.9 Å². The highest BCUT2D eigenvalue weighted by atomic mass is 16.3. The lowest BCUT2D eigenvalue weighted by atomic mass is 10.1. The molecular weight excluding hydrogens is 252 g/mol. The van der Waals surface area contributed by atoms with Crippen LogP contribution in [-0.2, 0) is 6.54 Å². The first-order valence-electron chi connectivity index (χ1n) is 6.37. The summed E-state index contributed by atoms with van der Waals surface area (Å²) in [7, 11) is 1.70. The molecule has 0 aliphatic rings. The second-order valence-electron chi connectivity index (χ2n) is 4.89. The first-order chi connectivity index (χ1) is 9.49. The number of rotatable bonds is 3. The minimum atomic E-state index is -0.253. The molecule has 0 aromatic heterocycles. The van der Waals surface area contributed by atoms with Gasteiger partial charge < -0.3 is 15.7 Å². The monoisotopic (exact) mass is 270 g/mol. The van der Waals surface area contributed by atoms with E-state index in [1.807, 2.05) is 31.2 Å². The van der Waals surface area contributed by atoms with Crippen molar-refractivity contribution >= 4 is 11.6 Å². The summed E-state index contributed by atoms with van der Waals surface area (Å²) in [6, 6.07) is 12.8. The molecule has 2 rings (SSSR count). The van der Waals surface area contributed by atoms with Crippen LogP contribution in [0.3, 0.4) is 0 Å². The van der Waals surface area contributed by atoms with Crippen molar-refractivity contribution in [2.75, 3.05) is 12.8 Å². The normalized spacial score (nSPS) is 10.3. The van der Waals surface area contributed by atoms with Gasteiger partial charge in [-0.15, -0.1) is 0 Å². The Bertz CT molecular complexity index is 638. The van der Waals surface area contributed by atoms with Crippen LogP contribution in [0.15, 0.2) is 42.5 Å². The fourth-order valence-electron chi connectivity index (χ4n) is 2.10. The summed E-state index contributed by atoms with van der Waals surface area (Å²) >= 11 is 0. The van der Waals surface area contributed by atoms with Crippen molar-refractivity contribution in [1.29, 1.82) is 0 Å². The van der Waals surface area contributed by atoms with Crippen molar-refractivity contribution < 1.29 is 9.90 Å². The van der Waals surface area contributed by atoms with E-state index in [4.69, 9.17) is 5.73 Å². The lowest BCUT2D eigenvalue weighted by Crippen LogP contribution is -2.26. The van der Waals surface area contributed by atoms with E-state index in [0.717, 1.165) is 11.1 Å². The van der Waals surface area contributed by atoms with E-state index in [2.05, 4.69) is 0 Å². The SMILES string of the molecule is Cc1cccc(CN(C)C(=O)c2cccc(N)c2O)c1. The van der Waals surface area contributed by atoms with Gasteiger partial charge in [0.05, 0.1) is 11.3 Å². The van der Waals surface area contributed by atoms with Crippen LogP contribution in [0.5, 0.6) is 5.75 Å². The number of anilines is 1. The minimum absolute atomic E-state index is 0.159. The van der Waals surface area contributed by atoms with Gasteiger partial charge in [0.1, 0.15) is 0 Å². The van der Waals surface area contributed by atoms with Gasteiger partial charge in [0, 0.05) is 13.6 Å².